The van der Waals surface area contributed by atoms with E-state index in [0.717, 1.165) is 0 Å². The first-order valence-corrected chi connectivity index (χ1v) is 12.5. The van der Waals surface area contributed by atoms with Crippen LogP contribution in [0.1, 0.15) is 47.3 Å². The van der Waals surface area contributed by atoms with Gasteiger partial charge in [0.1, 0.15) is 36.1 Å². The quantitative estimate of drug-likeness (QED) is 0.460. The molecule has 11 nitrogen and oxygen atoms in total. The van der Waals surface area contributed by atoms with E-state index >= 15 is 0 Å². The number of fused-ring (bicyclic) bond motifs is 2. The first kappa shape index (κ1) is 26.6. The van der Waals surface area contributed by atoms with Crippen LogP contribution in [0.25, 0.3) is 11.0 Å². The highest BCUT2D eigenvalue weighted by molar-refractivity contribution is 5.86. The fraction of sp³-hybridized carbons (Fsp3) is 0.750. The Kier molecular flexibility index (Phi) is 6.71. The Balaban J connectivity index is 1.34. The van der Waals surface area contributed by atoms with Crippen molar-refractivity contribution < 1.29 is 32.8 Å². The molecule has 1 unspecified atom stereocenters. The van der Waals surface area contributed by atoms with Crippen LogP contribution in [-0.4, -0.2) is 92.3 Å². The summed E-state index contributed by atoms with van der Waals surface area (Å²) in [6, 6.07) is 1.27. The predicted molar refractivity (Wildman–Crippen MR) is 129 cm³/mol. The first-order chi connectivity index (χ1) is 17.2. The summed E-state index contributed by atoms with van der Waals surface area (Å²) in [5, 5.41) is 13.7. The lowest BCUT2D eigenvalue weighted by atomic mass is 10.1. The van der Waals surface area contributed by atoms with Crippen molar-refractivity contribution in [3.05, 3.63) is 18.6 Å². The van der Waals surface area contributed by atoms with E-state index in [2.05, 4.69) is 15.3 Å². The zero-order valence-electron chi connectivity index (χ0n) is 21.7. The molecule has 13 heteroatoms. The third-order valence-electron chi connectivity index (χ3n) is 6.83. The van der Waals surface area contributed by atoms with Crippen molar-refractivity contribution in [1.29, 1.82) is 0 Å². The fourth-order valence-corrected chi connectivity index (χ4v) is 5.45. The van der Waals surface area contributed by atoms with Crippen LogP contribution in [0, 0.1) is 0 Å². The van der Waals surface area contributed by atoms with Crippen molar-refractivity contribution in [1.82, 2.24) is 24.8 Å². The normalized spacial score (nSPS) is 32.3. The summed E-state index contributed by atoms with van der Waals surface area (Å²) >= 11 is 0. The molecule has 5 rings (SSSR count). The van der Waals surface area contributed by atoms with E-state index in [0.29, 0.717) is 16.9 Å². The highest BCUT2D eigenvalue weighted by Gasteiger charge is 2.57. The molecule has 3 saturated heterocycles. The molecule has 0 spiro atoms. The van der Waals surface area contributed by atoms with Gasteiger partial charge in [0.15, 0.2) is 12.0 Å². The maximum Gasteiger partial charge on any atom is 0.262 e. The molecule has 0 aromatic carbocycles. The van der Waals surface area contributed by atoms with Crippen LogP contribution in [0.3, 0.4) is 0 Å². The Bertz CT molecular complexity index is 1120. The van der Waals surface area contributed by atoms with Crippen LogP contribution in [0.15, 0.2) is 18.6 Å². The van der Waals surface area contributed by atoms with Crippen molar-refractivity contribution in [3.8, 4) is 0 Å². The third kappa shape index (κ3) is 5.58. The number of aromatic nitrogens is 3. The Morgan fingerprint density at radius 1 is 1.27 bits per heavy atom. The minimum absolute atomic E-state index is 0.123. The van der Waals surface area contributed by atoms with E-state index in [9.17, 15) is 13.9 Å². The molecule has 0 bridgehead atoms. The maximum atomic E-state index is 14.5. The van der Waals surface area contributed by atoms with Gasteiger partial charge in [-0.1, -0.05) is 0 Å². The van der Waals surface area contributed by atoms with Gasteiger partial charge in [-0.2, -0.15) is 0 Å². The van der Waals surface area contributed by atoms with Crippen molar-refractivity contribution in [2.75, 3.05) is 25.4 Å². The SMILES string of the molecule is CC(C)(C)OC(O)NC[C@@H]1CC(F)(F)CN1C[C@H]1O[C@@H](n2ccc3c(N)ncnc32)[C@@H]2OC(C)(C)O[C@@H]21. The molecule has 4 N–H and O–H groups in total. The standard InChI is InChI=1S/C24H36F2N6O5/c1-22(2,3)37-21(33)28-9-13-8-24(25,26)11-31(13)10-15-16-17(36-23(4,5)35-16)20(34-15)32-7-6-14-18(27)29-12-30-19(14)32/h6-7,12-13,15-17,20-21,28,33H,8-11H2,1-5H3,(H2,27,29,30)/t13-,15+,16+,17+,20+,21?/m0/s1. The lowest BCUT2D eigenvalue weighted by Gasteiger charge is -2.31. The first-order valence-electron chi connectivity index (χ1n) is 12.5. The van der Waals surface area contributed by atoms with Crippen molar-refractivity contribution in [2.45, 2.75) is 95.3 Å². The number of nitrogen functional groups attached to an aromatic ring is 1. The van der Waals surface area contributed by atoms with E-state index in [1.54, 1.807) is 25.7 Å². The Hall–Kier alpha value is -2.00. The van der Waals surface area contributed by atoms with Crippen molar-refractivity contribution in [3.63, 3.8) is 0 Å². The predicted octanol–water partition coefficient (Wildman–Crippen LogP) is 1.82. The second-order valence-corrected chi connectivity index (χ2v) is 11.5. The van der Waals surface area contributed by atoms with E-state index in [1.165, 1.54) is 6.33 Å². The zero-order chi connectivity index (χ0) is 26.8. The number of aliphatic hydroxyl groups excluding tert-OH is 1. The highest BCUT2D eigenvalue weighted by Crippen LogP contribution is 2.45. The molecule has 5 heterocycles. The summed E-state index contributed by atoms with van der Waals surface area (Å²) in [7, 11) is 0. The van der Waals surface area contributed by atoms with Gasteiger partial charge in [-0.05, 0) is 40.7 Å². The van der Waals surface area contributed by atoms with E-state index in [1.807, 2.05) is 30.7 Å². The molecule has 3 aliphatic rings. The van der Waals surface area contributed by atoms with Gasteiger partial charge in [0.25, 0.3) is 5.92 Å². The van der Waals surface area contributed by atoms with Crippen LogP contribution in [0.5, 0.6) is 0 Å². The van der Waals surface area contributed by atoms with Gasteiger partial charge in [0.05, 0.1) is 17.5 Å². The molecule has 0 amide bonds. The van der Waals surface area contributed by atoms with Crippen LogP contribution >= 0.6 is 0 Å². The Labute approximate surface area is 214 Å². The number of nitrogens with one attached hydrogen (secondary N) is 1. The number of halogens is 2. The van der Waals surface area contributed by atoms with Gasteiger partial charge in [0.2, 0.25) is 6.41 Å². The van der Waals surface area contributed by atoms with E-state index in [-0.39, 0.29) is 19.5 Å². The van der Waals surface area contributed by atoms with Gasteiger partial charge in [-0.15, -0.1) is 0 Å². The van der Waals surface area contributed by atoms with Crippen molar-refractivity contribution >= 4 is 16.9 Å². The number of anilines is 1. The number of likely N-dealkylation sites (tertiary alicyclic amines) is 1. The zero-order valence-corrected chi connectivity index (χ0v) is 21.7. The number of aliphatic hydroxyl groups is 1. The average Bonchev–Trinajstić information content (AvgIpc) is 3.47. The van der Waals surface area contributed by atoms with Crippen LogP contribution in [0.4, 0.5) is 14.6 Å². The second-order valence-electron chi connectivity index (χ2n) is 11.5. The monoisotopic (exact) mass is 526 g/mol. The maximum absolute atomic E-state index is 14.5. The third-order valence-corrected chi connectivity index (χ3v) is 6.83. The lowest BCUT2D eigenvalue weighted by molar-refractivity contribution is -0.198. The topological polar surface area (TPSA) is 129 Å². The van der Waals surface area contributed by atoms with Gasteiger partial charge < -0.3 is 34.4 Å². The minimum atomic E-state index is -2.86. The highest BCUT2D eigenvalue weighted by atomic mass is 19.3. The van der Waals surface area contributed by atoms with Crippen LogP contribution in [-0.2, 0) is 18.9 Å². The second kappa shape index (κ2) is 9.33. The van der Waals surface area contributed by atoms with Gasteiger partial charge in [-0.3, -0.25) is 10.2 Å². The molecule has 0 saturated carbocycles. The molecular weight excluding hydrogens is 490 g/mol. The number of alkyl halides is 2. The molecule has 37 heavy (non-hydrogen) atoms. The van der Waals surface area contributed by atoms with Crippen LogP contribution < -0.4 is 11.1 Å². The fourth-order valence-electron chi connectivity index (χ4n) is 5.45. The lowest BCUT2D eigenvalue weighted by Crippen LogP contribution is -2.48. The smallest absolute Gasteiger partial charge is 0.262 e. The van der Waals surface area contributed by atoms with Gasteiger partial charge in [0, 0.05) is 31.7 Å². The number of rotatable bonds is 7. The molecule has 3 aliphatic heterocycles. The summed E-state index contributed by atoms with van der Waals surface area (Å²) in [5.41, 5.74) is 6.01. The Morgan fingerprint density at radius 3 is 2.73 bits per heavy atom. The van der Waals surface area contributed by atoms with Gasteiger partial charge >= 0.3 is 0 Å². The number of hydrogen-bond donors (Lipinski definition) is 3. The number of nitrogens with zero attached hydrogens (tertiary/aromatic N) is 4. The summed E-state index contributed by atoms with van der Waals surface area (Å²) < 4.78 is 55.1. The molecule has 0 radical (unpaired) electrons. The minimum Gasteiger partial charge on any atom is -0.383 e. The summed E-state index contributed by atoms with van der Waals surface area (Å²) in [6.45, 7) is 8.95. The average molecular weight is 527 g/mol. The summed E-state index contributed by atoms with van der Waals surface area (Å²) in [4.78, 5) is 10.1. The molecule has 0 aliphatic carbocycles. The molecule has 6 atom stereocenters. The summed E-state index contributed by atoms with van der Waals surface area (Å²) in [5.74, 6) is -3.38. The van der Waals surface area contributed by atoms with Crippen LogP contribution in [0.2, 0.25) is 0 Å². The number of ether oxygens (including phenoxy) is 4. The largest absolute Gasteiger partial charge is 0.383 e. The number of nitrogens with two attached hydrogens (primary N) is 1. The molecule has 2 aromatic heterocycles. The summed E-state index contributed by atoms with van der Waals surface area (Å²) in [6.07, 6.45) is -0.504. The van der Waals surface area contributed by atoms with E-state index in [4.69, 9.17) is 24.7 Å². The molecule has 2 aromatic rings. The molecule has 3 fully saturated rings. The number of hydrogen-bond acceptors (Lipinski definition) is 10. The molecule has 206 valence electrons. The molecular formula is C24H36F2N6O5. The Morgan fingerprint density at radius 2 is 2.00 bits per heavy atom. The van der Waals surface area contributed by atoms with Gasteiger partial charge in [-0.25, -0.2) is 18.7 Å². The van der Waals surface area contributed by atoms with E-state index < -0.39 is 60.9 Å². The van der Waals surface area contributed by atoms with Crippen molar-refractivity contribution in [2.24, 2.45) is 0 Å².